The number of hydrogen-bond acceptors (Lipinski definition) is 5. The number of nitrogens with zero attached hydrogens (tertiary/aromatic N) is 4. The number of carbonyl (C=O) groups excluding carboxylic acids is 1. The number of hydrogen-bond donors (Lipinski definition) is 1. The first-order valence-electron chi connectivity index (χ1n) is 7.49. The van der Waals surface area contributed by atoms with Gasteiger partial charge >= 0.3 is 0 Å². The van der Waals surface area contributed by atoms with Crippen molar-refractivity contribution in [1.82, 2.24) is 25.1 Å². The van der Waals surface area contributed by atoms with Crippen molar-refractivity contribution in [1.29, 1.82) is 0 Å². The molecule has 6 nitrogen and oxygen atoms in total. The van der Waals surface area contributed by atoms with Crippen LogP contribution in [0.15, 0.2) is 54.9 Å². The Labute approximate surface area is 152 Å². The van der Waals surface area contributed by atoms with Crippen molar-refractivity contribution < 1.29 is 4.79 Å². The normalized spacial score (nSPS) is 10.9. The Morgan fingerprint density at radius 1 is 1.20 bits per heavy atom. The Balaban J connectivity index is 1.43. The predicted molar refractivity (Wildman–Crippen MR) is 96.7 cm³/mol. The van der Waals surface area contributed by atoms with Crippen molar-refractivity contribution in [2.24, 2.45) is 0 Å². The van der Waals surface area contributed by atoms with Gasteiger partial charge in [0.2, 0.25) is 4.96 Å². The van der Waals surface area contributed by atoms with E-state index >= 15 is 0 Å². The van der Waals surface area contributed by atoms with Crippen LogP contribution in [0.4, 0.5) is 0 Å². The van der Waals surface area contributed by atoms with Crippen LogP contribution in [0.3, 0.4) is 0 Å². The summed E-state index contributed by atoms with van der Waals surface area (Å²) in [6.45, 7) is 0.441. The molecule has 2 heterocycles. The molecule has 1 N–H and O–H groups in total. The summed E-state index contributed by atoms with van der Waals surface area (Å²) in [4.78, 5) is 12.9. The van der Waals surface area contributed by atoms with Crippen molar-refractivity contribution in [3.63, 3.8) is 0 Å². The Morgan fingerprint density at radius 3 is 2.80 bits per heavy atom. The lowest BCUT2D eigenvalue weighted by atomic mass is 10.1. The highest BCUT2D eigenvalue weighted by atomic mass is 35.5. The molecular formula is C17H12ClN5OS. The molecule has 0 fully saturated rings. The molecule has 8 heteroatoms. The van der Waals surface area contributed by atoms with Gasteiger partial charge in [0, 0.05) is 22.7 Å². The number of fused-ring (bicyclic) bond motifs is 1. The number of rotatable bonds is 4. The van der Waals surface area contributed by atoms with E-state index in [0.29, 0.717) is 17.1 Å². The van der Waals surface area contributed by atoms with E-state index in [1.54, 1.807) is 35.1 Å². The maximum atomic E-state index is 12.1. The number of nitrogens with one attached hydrogen (secondary N) is 1. The lowest BCUT2D eigenvalue weighted by molar-refractivity contribution is 0.0951. The molecule has 0 spiro atoms. The molecule has 2 aromatic heterocycles. The fourth-order valence-corrected chi connectivity index (χ4v) is 3.37. The van der Waals surface area contributed by atoms with Gasteiger partial charge in [-0.05, 0) is 23.8 Å². The molecule has 1 amide bonds. The van der Waals surface area contributed by atoms with Gasteiger partial charge in [-0.2, -0.15) is 9.61 Å². The first kappa shape index (κ1) is 15.7. The van der Waals surface area contributed by atoms with Crippen LogP contribution < -0.4 is 5.32 Å². The molecule has 0 saturated carbocycles. The Bertz CT molecular complexity index is 1010. The fourth-order valence-electron chi connectivity index (χ4n) is 2.36. The van der Waals surface area contributed by atoms with Crippen LogP contribution in [-0.4, -0.2) is 25.7 Å². The summed E-state index contributed by atoms with van der Waals surface area (Å²) in [6.07, 6.45) is 1.58. The quantitative estimate of drug-likeness (QED) is 0.598. The SMILES string of the molecule is O=C(NCc1ccc(-c2nn3cnnc3s2)cc1)c1cccc(Cl)c1. The zero-order chi connectivity index (χ0) is 17.2. The third-order valence-electron chi connectivity index (χ3n) is 3.63. The molecule has 0 bridgehead atoms. The van der Waals surface area contributed by atoms with E-state index in [1.165, 1.54) is 11.3 Å². The molecule has 0 aliphatic carbocycles. The zero-order valence-electron chi connectivity index (χ0n) is 12.9. The minimum Gasteiger partial charge on any atom is -0.348 e. The monoisotopic (exact) mass is 369 g/mol. The van der Waals surface area contributed by atoms with Crippen LogP contribution in [0.5, 0.6) is 0 Å². The van der Waals surface area contributed by atoms with Gasteiger partial charge in [0.25, 0.3) is 5.91 Å². The van der Waals surface area contributed by atoms with E-state index in [1.807, 2.05) is 24.3 Å². The summed E-state index contributed by atoms with van der Waals surface area (Å²) in [5.74, 6) is -0.153. The summed E-state index contributed by atoms with van der Waals surface area (Å²) in [5, 5.41) is 16.5. The van der Waals surface area contributed by atoms with E-state index < -0.39 is 0 Å². The first-order valence-corrected chi connectivity index (χ1v) is 8.68. The van der Waals surface area contributed by atoms with Gasteiger partial charge < -0.3 is 5.32 Å². The maximum Gasteiger partial charge on any atom is 0.251 e. The van der Waals surface area contributed by atoms with E-state index in [4.69, 9.17) is 11.6 Å². The van der Waals surface area contributed by atoms with Crippen molar-refractivity contribution in [2.75, 3.05) is 0 Å². The van der Waals surface area contributed by atoms with Crippen molar-refractivity contribution in [3.8, 4) is 10.6 Å². The molecule has 4 rings (SSSR count). The molecule has 0 aliphatic rings. The summed E-state index contributed by atoms with van der Waals surface area (Å²) in [7, 11) is 0. The molecule has 0 saturated heterocycles. The number of carbonyl (C=O) groups is 1. The van der Waals surface area contributed by atoms with Crippen LogP contribution in [0.2, 0.25) is 5.02 Å². The second kappa shape index (κ2) is 6.62. The third kappa shape index (κ3) is 3.38. The van der Waals surface area contributed by atoms with E-state index in [9.17, 15) is 4.79 Å². The molecule has 2 aromatic carbocycles. The highest BCUT2D eigenvalue weighted by Gasteiger charge is 2.08. The maximum absolute atomic E-state index is 12.1. The highest BCUT2D eigenvalue weighted by Crippen LogP contribution is 2.24. The zero-order valence-corrected chi connectivity index (χ0v) is 14.5. The summed E-state index contributed by atoms with van der Waals surface area (Å²) >= 11 is 7.38. The van der Waals surface area contributed by atoms with Gasteiger partial charge in [0.05, 0.1) is 0 Å². The highest BCUT2D eigenvalue weighted by molar-refractivity contribution is 7.19. The van der Waals surface area contributed by atoms with Crippen LogP contribution >= 0.6 is 22.9 Å². The van der Waals surface area contributed by atoms with Crippen LogP contribution in [-0.2, 0) is 6.54 Å². The molecule has 0 unspecified atom stereocenters. The fraction of sp³-hybridized carbons (Fsp3) is 0.0588. The number of aromatic nitrogens is 4. The van der Waals surface area contributed by atoms with Gasteiger partial charge in [-0.25, -0.2) is 0 Å². The minimum atomic E-state index is -0.153. The van der Waals surface area contributed by atoms with Gasteiger partial charge in [-0.3, -0.25) is 4.79 Å². The Hall–Kier alpha value is -2.77. The number of halogens is 1. The van der Waals surface area contributed by atoms with Crippen molar-refractivity contribution in [2.45, 2.75) is 6.54 Å². The second-order valence-electron chi connectivity index (χ2n) is 5.36. The van der Waals surface area contributed by atoms with Crippen LogP contribution in [0.25, 0.3) is 15.5 Å². The summed E-state index contributed by atoms with van der Waals surface area (Å²) in [5.41, 5.74) is 2.55. The van der Waals surface area contributed by atoms with Crippen LogP contribution in [0, 0.1) is 0 Å². The van der Waals surface area contributed by atoms with Crippen molar-refractivity contribution in [3.05, 3.63) is 71.0 Å². The van der Waals surface area contributed by atoms with Gasteiger partial charge in [-0.1, -0.05) is 53.3 Å². The van der Waals surface area contributed by atoms with Gasteiger partial charge in [-0.15, -0.1) is 10.2 Å². The lowest BCUT2D eigenvalue weighted by Gasteiger charge is -2.06. The smallest absolute Gasteiger partial charge is 0.251 e. The molecule has 0 aliphatic heterocycles. The predicted octanol–water partition coefficient (Wildman–Crippen LogP) is 3.44. The first-order chi connectivity index (χ1) is 12.2. The number of amides is 1. The van der Waals surface area contributed by atoms with Crippen LogP contribution in [0.1, 0.15) is 15.9 Å². The van der Waals surface area contributed by atoms with Crippen molar-refractivity contribution >= 4 is 33.8 Å². The lowest BCUT2D eigenvalue weighted by Crippen LogP contribution is -2.22. The molecular weight excluding hydrogens is 358 g/mol. The molecule has 124 valence electrons. The van der Waals surface area contributed by atoms with E-state index in [-0.39, 0.29) is 5.91 Å². The second-order valence-corrected chi connectivity index (χ2v) is 6.75. The Morgan fingerprint density at radius 2 is 2.04 bits per heavy atom. The molecule has 0 atom stereocenters. The number of benzene rings is 2. The van der Waals surface area contributed by atoms with Gasteiger partial charge in [0.15, 0.2) is 0 Å². The molecule has 4 aromatic rings. The minimum absolute atomic E-state index is 0.153. The third-order valence-corrected chi connectivity index (χ3v) is 4.82. The van der Waals surface area contributed by atoms with E-state index in [0.717, 1.165) is 21.1 Å². The average molecular weight is 370 g/mol. The topological polar surface area (TPSA) is 72.2 Å². The summed E-state index contributed by atoms with van der Waals surface area (Å²) in [6, 6.07) is 14.8. The summed E-state index contributed by atoms with van der Waals surface area (Å²) < 4.78 is 1.65. The standard InChI is InChI=1S/C17H12ClN5OS/c18-14-3-1-2-13(8-14)15(24)19-9-11-4-6-12(7-5-11)16-22-23-10-20-21-17(23)25-16/h1-8,10H,9H2,(H,19,24). The Kier molecular flexibility index (Phi) is 4.17. The van der Waals surface area contributed by atoms with Gasteiger partial charge in [0.1, 0.15) is 11.3 Å². The molecule has 0 radical (unpaired) electrons. The van der Waals surface area contributed by atoms with E-state index in [2.05, 4.69) is 20.6 Å². The largest absolute Gasteiger partial charge is 0.348 e. The average Bonchev–Trinajstić information content (AvgIpc) is 3.22. The molecule has 25 heavy (non-hydrogen) atoms.